The van der Waals surface area contributed by atoms with Crippen molar-refractivity contribution in [3.8, 4) is 0 Å². The summed E-state index contributed by atoms with van der Waals surface area (Å²) in [5.74, 6) is -1.35. The van der Waals surface area contributed by atoms with Crippen molar-refractivity contribution in [3.63, 3.8) is 0 Å². The van der Waals surface area contributed by atoms with Crippen LogP contribution in [-0.4, -0.2) is 21.3 Å². The molecule has 0 saturated heterocycles. The van der Waals surface area contributed by atoms with Crippen LogP contribution in [0.15, 0.2) is 60.7 Å². The average molecular weight is 334 g/mol. The zero-order valence-corrected chi connectivity index (χ0v) is 13.2. The fraction of sp³-hybridized carbons (Fsp3) is 0.100. The quantitative estimate of drug-likeness (QED) is 0.765. The van der Waals surface area contributed by atoms with Crippen LogP contribution >= 0.6 is 0 Å². The number of aromatic amines is 1. The fourth-order valence-electron chi connectivity index (χ4n) is 3.47. The molecule has 1 aromatic heterocycles. The Labute approximate surface area is 143 Å². The standard InChI is InChI=1S/C20H15FN2O2/c21-15-8-6-14(7-9-15)20(13-4-2-1-3-5-13)11-10-16-17(12-20)22-23-18(16)19(24)25/h1-11H,12H2,(H,22,23)(H,24,25). The molecule has 2 aromatic carbocycles. The monoisotopic (exact) mass is 334 g/mol. The second-order valence-electron chi connectivity index (χ2n) is 6.12. The Morgan fingerprint density at radius 2 is 1.76 bits per heavy atom. The number of allylic oxidation sites excluding steroid dienone is 1. The van der Waals surface area contributed by atoms with Crippen molar-refractivity contribution in [3.05, 3.63) is 94.6 Å². The van der Waals surface area contributed by atoms with E-state index in [4.69, 9.17) is 0 Å². The Morgan fingerprint density at radius 3 is 2.44 bits per heavy atom. The number of fused-ring (bicyclic) bond motifs is 1. The van der Waals surface area contributed by atoms with Crippen molar-refractivity contribution in [2.75, 3.05) is 0 Å². The first-order valence-electron chi connectivity index (χ1n) is 7.91. The maximum atomic E-state index is 13.4. The van der Waals surface area contributed by atoms with Crippen LogP contribution in [0.3, 0.4) is 0 Å². The van der Waals surface area contributed by atoms with Crippen LogP contribution in [0.25, 0.3) is 6.08 Å². The summed E-state index contributed by atoms with van der Waals surface area (Å²) in [7, 11) is 0. The summed E-state index contributed by atoms with van der Waals surface area (Å²) in [6, 6.07) is 16.3. The molecule has 124 valence electrons. The van der Waals surface area contributed by atoms with Gasteiger partial charge in [-0.05, 0) is 23.3 Å². The van der Waals surface area contributed by atoms with Crippen LogP contribution in [0, 0.1) is 5.82 Å². The molecule has 4 rings (SSSR count). The molecule has 0 amide bonds. The largest absolute Gasteiger partial charge is 0.476 e. The molecule has 1 unspecified atom stereocenters. The van der Waals surface area contributed by atoms with Crippen LogP contribution in [0.5, 0.6) is 0 Å². The van der Waals surface area contributed by atoms with Crippen LogP contribution in [0.4, 0.5) is 4.39 Å². The number of benzene rings is 2. The first-order chi connectivity index (χ1) is 12.1. The van der Waals surface area contributed by atoms with Crippen LogP contribution in [-0.2, 0) is 11.8 Å². The number of carboxylic acids is 1. The third-order valence-corrected chi connectivity index (χ3v) is 4.72. The van der Waals surface area contributed by atoms with Crippen molar-refractivity contribution >= 4 is 12.0 Å². The predicted molar refractivity (Wildman–Crippen MR) is 91.9 cm³/mol. The van der Waals surface area contributed by atoms with E-state index < -0.39 is 11.4 Å². The summed E-state index contributed by atoms with van der Waals surface area (Å²) in [6.07, 6.45) is 4.30. The van der Waals surface area contributed by atoms with Gasteiger partial charge >= 0.3 is 5.97 Å². The average Bonchev–Trinajstić information content (AvgIpc) is 3.06. The van der Waals surface area contributed by atoms with Crippen LogP contribution < -0.4 is 0 Å². The maximum Gasteiger partial charge on any atom is 0.357 e. The van der Waals surface area contributed by atoms with Gasteiger partial charge in [0, 0.05) is 23.1 Å². The molecular weight excluding hydrogens is 319 g/mol. The first kappa shape index (κ1) is 15.3. The van der Waals surface area contributed by atoms with E-state index >= 15 is 0 Å². The molecule has 25 heavy (non-hydrogen) atoms. The highest BCUT2D eigenvalue weighted by atomic mass is 19.1. The summed E-state index contributed by atoms with van der Waals surface area (Å²) < 4.78 is 13.4. The number of hydrogen-bond acceptors (Lipinski definition) is 2. The van der Waals surface area contributed by atoms with E-state index in [1.54, 1.807) is 18.2 Å². The number of rotatable bonds is 3. The number of hydrogen-bond donors (Lipinski definition) is 2. The minimum Gasteiger partial charge on any atom is -0.476 e. The molecule has 3 aromatic rings. The van der Waals surface area contributed by atoms with Gasteiger partial charge in [-0.15, -0.1) is 0 Å². The van der Waals surface area contributed by atoms with Gasteiger partial charge in [-0.1, -0.05) is 54.6 Å². The van der Waals surface area contributed by atoms with E-state index in [9.17, 15) is 14.3 Å². The zero-order chi connectivity index (χ0) is 17.4. The number of halogens is 1. The Bertz CT molecular complexity index is 961. The summed E-state index contributed by atoms with van der Waals surface area (Å²) >= 11 is 0. The Morgan fingerprint density at radius 1 is 1.08 bits per heavy atom. The van der Waals surface area contributed by atoms with E-state index in [0.29, 0.717) is 12.0 Å². The molecule has 1 aliphatic rings. The lowest BCUT2D eigenvalue weighted by Crippen LogP contribution is -2.30. The molecule has 4 nitrogen and oxygen atoms in total. The number of H-pyrrole nitrogens is 1. The number of carboxylic acid groups (broad SMARTS) is 1. The topological polar surface area (TPSA) is 66.0 Å². The number of aromatic nitrogens is 2. The second-order valence-corrected chi connectivity index (χ2v) is 6.12. The van der Waals surface area contributed by atoms with Gasteiger partial charge in [0.05, 0.1) is 0 Å². The minimum absolute atomic E-state index is 0.0204. The number of nitrogens with one attached hydrogen (secondary N) is 1. The van der Waals surface area contributed by atoms with Gasteiger partial charge in [0.15, 0.2) is 5.69 Å². The van der Waals surface area contributed by atoms with Crippen molar-refractivity contribution in [2.24, 2.45) is 0 Å². The highest BCUT2D eigenvalue weighted by molar-refractivity contribution is 5.91. The predicted octanol–water partition coefficient (Wildman–Crippen LogP) is 3.80. The van der Waals surface area contributed by atoms with Crippen molar-refractivity contribution < 1.29 is 14.3 Å². The maximum absolute atomic E-state index is 13.4. The van der Waals surface area contributed by atoms with Gasteiger partial charge < -0.3 is 5.11 Å². The van der Waals surface area contributed by atoms with Gasteiger partial charge in [-0.3, -0.25) is 5.10 Å². The SMILES string of the molecule is O=C(O)c1n[nH]c2c1C=CC(c1ccccc1)(c1ccc(F)cc1)C2. The number of nitrogens with zero attached hydrogens (tertiary/aromatic N) is 1. The molecule has 5 heteroatoms. The summed E-state index contributed by atoms with van der Waals surface area (Å²) in [5, 5.41) is 16.1. The lowest BCUT2D eigenvalue weighted by atomic mass is 9.68. The van der Waals surface area contributed by atoms with Gasteiger partial charge in [0.25, 0.3) is 0 Å². The molecule has 1 aliphatic carbocycles. The van der Waals surface area contributed by atoms with Crippen LogP contribution in [0.1, 0.15) is 32.9 Å². The molecule has 2 N–H and O–H groups in total. The number of aromatic carboxylic acids is 1. The molecule has 0 bridgehead atoms. The second kappa shape index (κ2) is 5.70. The highest BCUT2D eigenvalue weighted by Gasteiger charge is 2.37. The molecule has 0 fully saturated rings. The number of carbonyl (C=O) groups is 1. The van der Waals surface area contributed by atoms with Crippen molar-refractivity contribution in [2.45, 2.75) is 11.8 Å². The molecule has 0 radical (unpaired) electrons. The Hall–Kier alpha value is -3.21. The molecule has 0 saturated carbocycles. The molecular formula is C20H15FN2O2. The third kappa shape index (κ3) is 2.45. The summed E-state index contributed by atoms with van der Waals surface area (Å²) in [4.78, 5) is 11.3. The molecule has 1 heterocycles. The van der Waals surface area contributed by atoms with E-state index in [1.165, 1.54) is 12.1 Å². The lowest BCUT2D eigenvalue weighted by Gasteiger charge is -2.34. The highest BCUT2D eigenvalue weighted by Crippen LogP contribution is 2.41. The normalized spacial score (nSPS) is 18.8. The van der Waals surface area contributed by atoms with E-state index in [-0.39, 0.29) is 11.5 Å². The van der Waals surface area contributed by atoms with Gasteiger partial charge in [-0.25, -0.2) is 9.18 Å². The van der Waals surface area contributed by atoms with Crippen molar-refractivity contribution in [1.29, 1.82) is 0 Å². The molecule has 1 atom stereocenters. The van der Waals surface area contributed by atoms with E-state index in [0.717, 1.165) is 16.8 Å². The van der Waals surface area contributed by atoms with Gasteiger partial charge in [-0.2, -0.15) is 5.10 Å². The van der Waals surface area contributed by atoms with Gasteiger partial charge in [0.2, 0.25) is 0 Å². The smallest absolute Gasteiger partial charge is 0.357 e. The van der Waals surface area contributed by atoms with Crippen molar-refractivity contribution in [1.82, 2.24) is 10.2 Å². The van der Waals surface area contributed by atoms with Crippen LogP contribution in [0.2, 0.25) is 0 Å². The fourth-order valence-corrected chi connectivity index (χ4v) is 3.47. The van der Waals surface area contributed by atoms with E-state index in [1.807, 2.05) is 36.4 Å². The summed E-state index contributed by atoms with van der Waals surface area (Å²) in [5.41, 5.74) is 2.86. The molecule has 0 aliphatic heterocycles. The zero-order valence-electron chi connectivity index (χ0n) is 13.2. The Balaban J connectivity index is 1.90. The summed E-state index contributed by atoms with van der Waals surface area (Å²) in [6.45, 7) is 0. The molecule has 0 spiro atoms. The van der Waals surface area contributed by atoms with E-state index in [2.05, 4.69) is 10.2 Å². The Kier molecular flexibility index (Phi) is 3.50. The first-order valence-corrected chi connectivity index (χ1v) is 7.91. The van der Waals surface area contributed by atoms with Gasteiger partial charge in [0.1, 0.15) is 5.82 Å². The minimum atomic E-state index is -1.06. The third-order valence-electron chi connectivity index (χ3n) is 4.72. The lowest BCUT2D eigenvalue weighted by molar-refractivity contribution is 0.0690.